The minimum Gasteiger partial charge on any atom is -0.497 e. The Morgan fingerprint density at radius 1 is 1.29 bits per heavy atom. The molecule has 31 heavy (non-hydrogen) atoms. The van der Waals surface area contributed by atoms with Crippen molar-refractivity contribution in [2.75, 3.05) is 30.1 Å². The summed E-state index contributed by atoms with van der Waals surface area (Å²) in [5.74, 6) is 0.277. The molecule has 2 amide bonds. The van der Waals surface area contributed by atoms with Crippen molar-refractivity contribution in [1.29, 1.82) is 0 Å². The number of rotatable bonds is 5. The van der Waals surface area contributed by atoms with Gasteiger partial charge in [-0.2, -0.15) is 4.99 Å². The summed E-state index contributed by atoms with van der Waals surface area (Å²) >= 11 is 1.30. The first-order chi connectivity index (χ1) is 14.5. The number of thioether (sulfide) groups is 1. The van der Waals surface area contributed by atoms with Gasteiger partial charge < -0.3 is 19.7 Å². The topological polar surface area (TPSA) is 114 Å². The number of aliphatic imine (C=N–C) groups is 1. The number of nitrogens with zero attached hydrogens (tertiary/aromatic N) is 2. The Morgan fingerprint density at radius 2 is 2.03 bits per heavy atom. The minimum absolute atomic E-state index is 0.00286. The number of hydrogen-bond donors (Lipinski definition) is 1. The zero-order valence-electron chi connectivity index (χ0n) is 18.0. The molecule has 0 saturated carbocycles. The first-order valence-corrected chi connectivity index (χ1v) is 12.6. The largest absolute Gasteiger partial charge is 0.497 e. The first-order valence-electron chi connectivity index (χ1n) is 9.86. The SMILES string of the molecule is COc1cccc(N2C(=NC(=O)CCNC(=O)OC(C)(C)C)S[C@@H]3CS(=O)(=O)C[C@@H]32)c1. The van der Waals surface area contributed by atoms with Crippen LogP contribution in [0.15, 0.2) is 29.3 Å². The molecule has 2 aliphatic rings. The van der Waals surface area contributed by atoms with Crippen molar-refractivity contribution in [3.8, 4) is 5.75 Å². The number of amidine groups is 1. The lowest BCUT2D eigenvalue weighted by atomic mass is 10.2. The van der Waals surface area contributed by atoms with Crippen LogP contribution in [0.1, 0.15) is 27.2 Å². The van der Waals surface area contributed by atoms with E-state index in [1.807, 2.05) is 11.0 Å². The van der Waals surface area contributed by atoms with Crippen molar-refractivity contribution in [2.24, 2.45) is 4.99 Å². The van der Waals surface area contributed by atoms with Crippen molar-refractivity contribution in [1.82, 2.24) is 5.32 Å². The van der Waals surface area contributed by atoms with Gasteiger partial charge in [-0.3, -0.25) is 4.79 Å². The van der Waals surface area contributed by atoms with Crippen molar-refractivity contribution in [3.63, 3.8) is 0 Å². The van der Waals surface area contributed by atoms with Crippen LogP contribution in [0, 0.1) is 0 Å². The summed E-state index contributed by atoms with van der Waals surface area (Å²) in [6.07, 6.45) is -0.593. The van der Waals surface area contributed by atoms with Gasteiger partial charge in [0.15, 0.2) is 15.0 Å². The van der Waals surface area contributed by atoms with E-state index in [9.17, 15) is 18.0 Å². The predicted octanol–water partition coefficient (Wildman–Crippen LogP) is 2.21. The molecule has 0 bridgehead atoms. The summed E-state index contributed by atoms with van der Waals surface area (Å²) in [6, 6.07) is 6.92. The molecule has 0 aliphatic carbocycles. The number of benzene rings is 1. The number of ether oxygens (including phenoxy) is 2. The van der Waals surface area contributed by atoms with Gasteiger partial charge in [-0.25, -0.2) is 13.2 Å². The maximum Gasteiger partial charge on any atom is 0.407 e. The number of amides is 2. The zero-order valence-corrected chi connectivity index (χ0v) is 19.6. The summed E-state index contributed by atoms with van der Waals surface area (Å²) in [5, 5.41) is 2.80. The molecule has 0 aromatic heterocycles. The molecule has 2 atom stereocenters. The van der Waals surface area contributed by atoms with Crippen LogP contribution in [0.2, 0.25) is 0 Å². The van der Waals surface area contributed by atoms with E-state index >= 15 is 0 Å². The quantitative estimate of drug-likeness (QED) is 0.698. The maximum atomic E-state index is 12.5. The molecular weight excluding hydrogens is 442 g/mol. The molecule has 3 rings (SSSR count). The first kappa shape index (κ1) is 23.4. The third-order valence-electron chi connectivity index (χ3n) is 4.63. The second-order valence-corrected chi connectivity index (χ2v) is 11.7. The van der Waals surface area contributed by atoms with Gasteiger partial charge in [0.25, 0.3) is 0 Å². The van der Waals surface area contributed by atoms with Crippen LogP contribution in [0.25, 0.3) is 0 Å². The van der Waals surface area contributed by atoms with Crippen molar-refractivity contribution < 1.29 is 27.5 Å². The Labute approximate surface area is 186 Å². The molecule has 11 heteroatoms. The Hall–Kier alpha value is -2.27. The lowest BCUT2D eigenvalue weighted by Gasteiger charge is -2.24. The van der Waals surface area contributed by atoms with E-state index in [4.69, 9.17) is 9.47 Å². The summed E-state index contributed by atoms with van der Waals surface area (Å²) < 4.78 is 34.7. The highest BCUT2D eigenvalue weighted by Crippen LogP contribution is 2.41. The second-order valence-electron chi connectivity index (χ2n) is 8.34. The summed E-state index contributed by atoms with van der Waals surface area (Å²) in [6.45, 7) is 5.36. The smallest absolute Gasteiger partial charge is 0.407 e. The Bertz CT molecular complexity index is 987. The van der Waals surface area contributed by atoms with Gasteiger partial charge in [-0.15, -0.1) is 0 Å². The third-order valence-corrected chi connectivity index (χ3v) is 7.84. The molecule has 0 radical (unpaired) electrons. The van der Waals surface area contributed by atoms with Crippen LogP contribution in [-0.2, 0) is 19.4 Å². The molecule has 2 heterocycles. The van der Waals surface area contributed by atoms with Gasteiger partial charge in [-0.05, 0) is 32.9 Å². The number of nitrogens with one attached hydrogen (secondary N) is 1. The minimum atomic E-state index is -3.15. The van der Waals surface area contributed by atoms with Crippen LogP contribution in [0.5, 0.6) is 5.75 Å². The lowest BCUT2D eigenvalue weighted by molar-refractivity contribution is -0.117. The Kier molecular flexibility index (Phi) is 6.85. The van der Waals surface area contributed by atoms with Crippen LogP contribution in [0.3, 0.4) is 0 Å². The van der Waals surface area contributed by atoms with Crippen LogP contribution >= 0.6 is 11.8 Å². The molecule has 0 spiro atoms. The molecule has 1 aromatic carbocycles. The summed E-state index contributed by atoms with van der Waals surface area (Å²) in [7, 11) is -1.60. The summed E-state index contributed by atoms with van der Waals surface area (Å²) in [5.41, 5.74) is 0.0966. The lowest BCUT2D eigenvalue weighted by Crippen LogP contribution is -2.37. The van der Waals surface area contributed by atoms with E-state index in [1.165, 1.54) is 11.8 Å². The number of alkyl carbamates (subject to hydrolysis) is 1. The van der Waals surface area contributed by atoms with Gasteiger partial charge >= 0.3 is 6.09 Å². The van der Waals surface area contributed by atoms with Crippen LogP contribution < -0.4 is 15.0 Å². The highest BCUT2D eigenvalue weighted by Gasteiger charge is 2.49. The highest BCUT2D eigenvalue weighted by atomic mass is 32.2. The van der Waals surface area contributed by atoms with E-state index in [0.29, 0.717) is 10.9 Å². The molecular formula is C20H27N3O6S2. The van der Waals surface area contributed by atoms with E-state index in [-0.39, 0.29) is 35.8 Å². The Morgan fingerprint density at radius 3 is 2.71 bits per heavy atom. The molecule has 9 nitrogen and oxygen atoms in total. The number of anilines is 1. The maximum absolute atomic E-state index is 12.5. The monoisotopic (exact) mass is 469 g/mol. The predicted molar refractivity (Wildman–Crippen MR) is 121 cm³/mol. The number of fused-ring (bicyclic) bond motifs is 1. The highest BCUT2D eigenvalue weighted by molar-refractivity contribution is 8.16. The van der Waals surface area contributed by atoms with E-state index < -0.39 is 27.4 Å². The van der Waals surface area contributed by atoms with Crippen LogP contribution in [0.4, 0.5) is 10.5 Å². The number of carbonyl (C=O) groups is 2. The zero-order chi connectivity index (χ0) is 22.8. The van der Waals surface area contributed by atoms with E-state index in [0.717, 1.165) is 5.69 Å². The fourth-order valence-corrected chi connectivity index (χ4v) is 7.31. The standard InChI is InChI=1S/C20H27N3O6S2/c1-20(2,3)29-19(25)21-9-8-17(24)22-18-23(13-6-5-7-14(10-13)28-4)15-11-31(26,27)12-16(15)30-18/h5-7,10,15-16H,8-9,11-12H2,1-4H3,(H,21,25)/t15-,16+/m0/s1. The van der Waals surface area contributed by atoms with Gasteiger partial charge in [0.05, 0.1) is 24.7 Å². The van der Waals surface area contributed by atoms with Gasteiger partial charge in [0.1, 0.15) is 11.4 Å². The van der Waals surface area contributed by atoms with Crippen molar-refractivity contribution >= 4 is 44.5 Å². The van der Waals surface area contributed by atoms with Gasteiger partial charge in [-0.1, -0.05) is 17.8 Å². The normalized spacial score (nSPS) is 23.5. The number of hydrogen-bond acceptors (Lipinski definition) is 7. The average molecular weight is 470 g/mol. The van der Waals surface area contributed by atoms with Crippen molar-refractivity contribution in [3.05, 3.63) is 24.3 Å². The molecule has 0 unspecified atom stereocenters. The molecule has 2 saturated heterocycles. The van der Waals surface area contributed by atoms with Crippen molar-refractivity contribution in [2.45, 2.75) is 44.1 Å². The molecule has 1 N–H and O–H groups in total. The fourth-order valence-electron chi connectivity index (χ4n) is 3.37. The van der Waals surface area contributed by atoms with E-state index in [2.05, 4.69) is 10.3 Å². The number of carbonyl (C=O) groups excluding carboxylic acids is 2. The van der Waals surface area contributed by atoms with E-state index in [1.54, 1.807) is 46.1 Å². The molecule has 2 fully saturated rings. The fraction of sp³-hybridized carbons (Fsp3) is 0.550. The third kappa shape index (κ3) is 6.13. The molecule has 2 aliphatic heterocycles. The molecule has 170 valence electrons. The Balaban J connectivity index is 1.73. The van der Waals surface area contributed by atoms with Gasteiger partial charge in [0, 0.05) is 30.0 Å². The van der Waals surface area contributed by atoms with Gasteiger partial charge in [0.2, 0.25) is 5.91 Å². The average Bonchev–Trinajstić information content (AvgIpc) is 3.10. The van der Waals surface area contributed by atoms with Crippen LogP contribution in [-0.4, -0.2) is 67.6 Å². The number of methoxy groups -OCH3 is 1. The second kappa shape index (κ2) is 9.07. The number of sulfone groups is 1. The molecule has 1 aromatic rings. The summed E-state index contributed by atoms with van der Waals surface area (Å²) in [4.78, 5) is 30.2.